The number of fused-ring (bicyclic) bond motifs is 1. The molecule has 2 fully saturated rings. The Labute approximate surface area is 254 Å². The minimum absolute atomic E-state index is 0.0370. The third-order valence-corrected chi connectivity index (χ3v) is 12.5. The number of carbonyl (C=O) groups is 1. The van der Waals surface area contributed by atoms with Gasteiger partial charge in [-0.2, -0.15) is 8.61 Å². The zero-order valence-corrected chi connectivity index (χ0v) is 25.7. The van der Waals surface area contributed by atoms with Gasteiger partial charge < -0.3 is 0 Å². The van der Waals surface area contributed by atoms with Gasteiger partial charge in [0, 0.05) is 24.9 Å². The molecule has 2 unspecified atom stereocenters. The molecule has 4 aromatic rings. The number of Topliss-reactive ketones (excluding diaryl/α,β-unsaturated/α-hetero) is 1. The second-order valence-corrected chi connectivity index (χ2v) is 15.2. The summed E-state index contributed by atoms with van der Waals surface area (Å²) in [6.45, 7) is 1.78. The van der Waals surface area contributed by atoms with Gasteiger partial charge in [-0.3, -0.25) is 4.79 Å². The lowest BCUT2D eigenvalue weighted by Crippen LogP contribution is -2.60. The van der Waals surface area contributed by atoms with Crippen LogP contribution in [-0.2, 0) is 24.8 Å². The van der Waals surface area contributed by atoms with Crippen LogP contribution in [0.2, 0.25) is 0 Å². The first-order chi connectivity index (χ1) is 20.6. The number of benzene rings is 4. The van der Waals surface area contributed by atoms with Crippen LogP contribution in [0.25, 0.3) is 0 Å². The van der Waals surface area contributed by atoms with E-state index in [1.54, 1.807) is 48.5 Å². The van der Waals surface area contributed by atoms with Crippen molar-refractivity contribution in [3.63, 3.8) is 0 Å². The fourth-order valence-electron chi connectivity index (χ4n) is 6.42. The predicted molar refractivity (Wildman–Crippen MR) is 169 cm³/mol. The van der Waals surface area contributed by atoms with Crippen LogP contribution in [0.15, 0.2) is 119 Å². The fourth-order valence-corrected chi connectivity index (χ4v) is 9.92. The van der Waals surface area contributed by atoms with Crippen LogP contribution < -0.4 is 5.46 Å². The Morgan fingerprint density at radius 2 is 1.19 bits per heavy atom. The van der Waals surface area contributed by atoms with E-state index in [0.717, 1.165) is 22.2 Å². The zero-order chi connectivity index (χ0) is 30.4. The molecule has 6 rings (SSSR count). The average molecular weight is 613 g/mol. The normalized spacial score (nSPS) is 23.5. The van der Waals surface area contributed by atoms with Gasteiger partial charge in [-0.05, 0) is 48.7 Å². The molecule has 0 saturated carbocycles. The minimum atomic E-state index is -4.07. The van der Waals surface area contributed by atoms with E-state index >= 15 is 0 Å². The van der Waals surface area contributed by atoms with Crippen molar-refractivity contribution in [2.45, 2.75) is 47.7 Å². The van der Waals surface area contributed by atoms with Gasteiger partial charge in [-0.25, -0.2) is 16.8 Å². The van der Waals surface area contributed by atoms with Crippen LogP contribution in [0.1, 0.15) is 41.6 Å². The molecule has 0 N–H and O–H groups in total. The molecular formula is C33H33BN2O5S2. The van der Waals surface area contributed by atoms with Crippen molar-refractivity contribution in [1.29, 1.82) is 0 Å². The molecule has 0 aliphatic carbocycles. The standard InChI is InChI=1S/C33H33BN2O5S2/c1-23-12-16-27(17-13-23)42(38,39)35-22-29-32(20-30(35)24-8-4-2-5-9-24)36(43(40,41)28-18-14-26(34)15-19-28)31(21-33(29)37)25-10-6-3-7-11-25/h2-19,29-32H,20-22,34H2,1H3/t29-,30?,31?,32+/m1/s1. The smallest absolute Gasteiger partial charge is 0.243 e. The van der Waals surface area contributed by atoms with E-state index in [2.05, 4.69) is 0 Å². The van der Waals surface area contributed by atoms with E-state index < -0.39 is 44.1 Å². The van der Waals surface area contributed by atoms with Crippen molar-refractivity contribution < 1.29 is 21.6 Å². The third-order valence-electron chi connectivity index (χ3n) is 8.69. The molecule has 4 aromatic carbocycles. The van der Waals surface area contributed by atoms with Crippen LogP contribution in [0, 0.1) is 12.8 Å². The fraction of sp³-hybridized carbons (Fsp3) is 0.242. The maximum atomic E-state index is 14.5. The average Bonchev–Trinajstić information content (AvgIpc) is 3.01. The topological polar surface area (TPSA) is 91.8 Å². The van der Waals surface area contributed by atoms with Crippen molar-refractivity contribution in [3.05, 3.63) is 126 Å². The number of rotatable bonds is 6. The minimum Gasteiger partial charge on any atom is -0.299 e. The van der Waals surface area contributed by atoms with Gasteiger partial charge in [0.05, 0.1) is 21.9 Å². The van der Waals surface area contributed by atoms with Crippen molar-refractivity contribution in [2.24, 2.45) is 5.92 Å². The number of hydrogen-bond donors (Lipinski definition) is 0. The predicted octanol–water partition coefficient (Wildman–Crippen LogP) is 3.78. The highest BCUT2D eigenvalue weighted by molar-refractivity contribution is 7.89. The van der Waals surface area contributed by atoms with Gasteiger partial charge in [0.1, 0.15) is 13.6 Å². The van der Waals surface area contributed by atoms with Gasteiger partial charge in [0.2, 0.25) is 20.0 Å². The van der Waals surface area contributed by atoms with Crippen LogP contribution >= 0.6 is 0 Å². The summed E-state index contributed by atoms with van der Waals surface area (Å²) in [5, 5.41) is 0. The molecule has 0 aromatic heterocycles. The lowest BCUT2D eigenvalue weighted by Gasteiger charge is -2.51. The summed E-state index contributed by atoms with van der Waals surface area (Å²) in [6, 6.07) is 29.8. The van der Waals surface area contributed by atoms with Crippen LogP contribution in [0.5, 0.6) is 0 Å². The number of sulfonamides is 2. The number of hydrogen-bond acceptors (Lipinski definition) is 5. The SMILES string of the molecule is Bc1ccc(S(=O)(=O)N2C(c3ccccc3)CC(=O)[C@@H]3CN(S(=O)(=O)c4ccc(C)cc4)C(c4ccccc4)C[C@@H]32)cc1. The highest BCUT2D eigenvalue weighted by atomic mass is 32.2. The second-order valence-electron chi connectivity index (χ2n) is 11.5. The Bertz CT molecular complexity index is 1830. The summed E-state index contributed by atoms with van der Waals surface area (Å²) < 4.78 is 60.2. The summed E-state index contributed by atoms with van der Waals surface area (Å²) in [6.07, 6.45) is 0.102. The van der Waals surface area contributed by atoms with Gasteiger partial charge in [0.25, 0.3) is 0 Å². The molecule has 43 heavy (non-hydrogen) atoms. The van der Waals surface area contributed by atoms with E-state index in [4.69, 9.17) is 0 Å². The molecule has 2 aliphatic rings. The summed E-state index contributed by atoms with van der Waals surface area (Å²) in [4.78, 5) is 14.2. The molecule has 4 atom stereocenters. The van der Waals surface area contributed by atoms with E-state index in [-0.39, 0.29) is 35.0 Å². The van der Waals surface area contributed by atoms with Crippen molar-refractivity contribution >= 4 is 39.1 Å². The first kappa shape index (κ1) is 29.5. The van der Waals surface area contributed by atoms with E-state index in [9.17, 15) is 21.6 Å². The van der Waals surface area contributed by atoms with Crippen LogP contribution in [0.4, 0.5) is 0 Å². The van der Waals surface area contributed by atoms with Gasteiger partial charge in [-0.15, -0.1) is 0 Å². The number of nitrogens with zero attached hydrogens (tertiary/aromatic N) is 2. The largest absolute Gasteiger partial charge is 0.299 e. The third kappa shape index (κ3) is 5.49. The zero-order valence-electron chi connectivity index (χ0n) is 24.1. The Kier molecular flexibility index (Phi) is 7.89. The van der Waals surface area contributed by atoms with Crippen LogP contribution in [-0.4, -0.2) is 51.7 Å². The number of carbonyl (C=O) groups excluding carboxylic acids is 1. The summed E-state index contributed by atoms with van der Waals surface area (Å²) in [7, 11) is -6.19. The first-order valence-corrected chi connectivity index (χ1v) is 17.3. The lowest BCUT2D eigenvalue weighted by atomic mass is 9.77. The first-order valence-electron chi connectivity index (χ1n) is 14.4. The maximum absolute atomic E-state index is 14.5. The Morgan fingerprint density at radius 3 is 1.77 bits per heavy atom. The molecule has 0 spiro atoms. The molecule has 0 bridgehead atoms. The molecule has 10 heteroatoms. The second kappa shape index (κ2) is 11.5. The Balaban J connectivity index is 1.50. The van der Waals surface area contributed by atoms with Crippen molar-refractivity contribution in [1.82, 2.24) is 8.61 Å². The lowest BCUT2D eigenvalue weighted by molar-refractivity contribution is -0.132. The van der Waals surface area contributed by atoms with Crippen molar-refractivity contribution in [2.75, 3.05) is 6.54 Å². The Morgan fingerprint density at radius 1 is 0.674 bits per heavy atom. The number of aryl methyl sites for hydroxylation is 1. The molecule has 2 aliphatic heterocycles. The quantitative estimate of drug-likeness (QED) is 0.309. The monoisotopic (exact) mass is 612 g/mol. The van der Waals surface area contributed by atoms with E-state index in [0.29, 0.717) is 0 Å². The van der Waals surface area contributed by atoms with E-state index in [1.165, 1.54) is 8.61 Å². The molecule has 2 saturated heterocycles. The molecule has 7 nitrogen and oxygen atoms in total. The number of ketones is 1. The molecule has 0 amide bonds. The maximum Gasteiger partial charge on any atom is 0.243 e. The highest BCUT2D eigenvalue weighted by Gasteiger charge is 2.54. The number of piperidine rings is 2. The summed E-state index contributed by atoms with van der Waals surface area (Å²) in [5.74, 6) is -0.954. The molecule has 2 heterocycles. The van der Waals surface area contributed by atoms with Gasteiger partial charge in [0.15, 0.2) is 0 Å². The van der Waals surface area contributed by atoms with E-state index in [1.807, 2.05) is 75.4 Å². The van der Waals surface area contributed by atoms with Crippen LogP contribution in [0.3, 0.4) is 0 Å². The summed E-state index contributed by atoms with van der Waals surface area (Å²) >= 11 is 0. The van der Waals surface area contributed by atoms with Gasteiger partial charge in [-0.1, -0.05) is 96.0 Å². The van der Waals surface area contributed by atoms with Crippen molar-refractivity contribution in [3.8, 4) is 0 Å². The Hall–Kier alpha value is -3.57. The molecular weight excluding hydrogens is 579 g/mol. The van der Waals surface area contributed by atoms with Gasteiger partial charge >= 0.3 is 0 Å². The summed E-state index contributed by atoms with van der Waals surface area (Å²) in [5.41, 5.74) is 3.35. The highest BCUT2D eigenvalue weighted by Crippen LogP contribution is 2.48. The molecule has 220 valence electrons. The molecule has 0 radical (unpaired) electrons.